The van der Waals surface area contributed by atoms with Crippen LogP contribution in [0.15, 0.2) is 54.6 Å². The lowest BCUT2D eigenvalue weighted by molar-refractivity contribution is -0.134. The Balaban J connectivity index is 1.38. The van der Waals surface area contributed by atoms with Crippen LogP contribution in [-0.4, -0.2) is 56.1 Å². The van der Waals surface area contributed by atoms with Crippen LogP contribution in [0.2, 0.25) is 0 Å². The van der Waals surface area contributed by atoms with Gasteiger partial charge in [-0.3, -0.25) is 9.59 Å². The minimum absolute atomic E-state index is 0.0455. The number of aromatic nitrogens is 4. The largest absolute Gasteiger partial charge is 0.351 e. The van der Waals surface area contributed by atoms with Crippen molar-refractivity contribution in [2.24, 2.45) is 0 Å². The first-order chi connectivity index (χ1) is 17.0. The maximum Gasteiger partial charge on any atom is 0.245 e. The standard InChI is InChI=1S/C26H31FN6O2/c1-3-23(20-7-5-4-6-8-20)26(35)32-15-13-22(14-16-32)28-25(34)24(33-18(2)29-30-31-33)17-19-9-11-21(27)12-10-19/h4-12,22-24H,3,13-17H2,1-2H3,(H,28,34). The number of piperidine rings is 1. The molecule has 1 fully saturated rings. The molecule has 184 valence electrons. The lowest BCUT2D eigenvalue weighted by Gasteiger charge is -2.35. The molecule has 0 radical (unpaired) electrons. The van der Waals surface area contributed by atoms with E-state index in [0.717, 1.165) is 17.5 Å². The summed E-state index contributed by atoms with van der Waals surface area (Å²) in [6, 6.07) is 15.3. The monoisotopic (exact) mass is 478 g/mol. The minimum Gasteiger partial charge on any atom is -0.351 e. The molecule has 1 N–H and O–H groups in total. The van der Waals surface area contributed by atoms with Gasteiger partial charge in [-0.2, -0.15) is 0 Å². The number of likely N-dealkylation sites (tertiary alicyclic amines) is 1. The smallest absolute Gasteiger partial charge is 0.245 e. The summed E-state index contributed by atoms with van der Waals surface area (Å²) in [6.45, 7) is 4.97. The average Bonchev–Trinajstić information content (AvgIpc) is 3.30. The van der Waals surface area contributed by atoms with Gasteiger partial charge in [-0.05, 0) is 59.9 Å². The number of hydrogen-bond acceptors (Lipinski definition) is 5. The molecule has 1 aromatic heterocycles. The van der Waals surface area contributed by atoms with E-state index in [4.69, 9.17) is 0 Å². The number of nitrogens with zero attached hydrogens (tertiary/aromatic N) is 5. The van der Waals surface area contributed by atoms with Crippen molar-refractivity contribution >= 4 is 11.8 Å². The highest BCUT2D eigenvalue weighted by molar-refractivity contribution is 5.84. The Kier molecular flexibility index (Phi) is 7.84. The highest BCUT2D eigenvalue weighted by atomic mass is 19.1. The van der Waals surface area contributed by atoms with E-state index >= 15 is 0 Å². The molecule has 0 bridgehead atoms. The number of benzene rings is 2. The molecule has 1 aliphatic heterocycles. The lowest BCUT2D eigenvalue weighted by atomic mass is 9.93. The van der Waals surface area contributed by atoms with Gasteiger partial charge in [-0.15, -0.1) is 5.10 Å². The van der Waals surface area contributed by atoms with E-state index in [-0.39, 0.29) is 29.6 Å². The predicted molar refractivity (Wildman–Crippen MR) is 129 cm³/mol. The summed E-state index contributed by atoms with van der Waals surface area (Å²) in [5, 5.41) is 14.7. The molecule has 2 unspecified atom stereocenters. The third-order valence-corrected chi connectivity index (χ3v) is 6.66. The zero-order chi connectivity index (χ0) is 24.8. The van der Waals surface area contributed by atoms with Crippen molar-refractivity contribution in [2.75, 3.05) is 13.1 Å². The molecule has 3 aromatic rings. The molecule has 0 aliphatic carbocycles. The zero-order valence-electron chi connectivity index (χ0n) is 20.1. The van der Waals surface area contributed by atoms with Crippen molar-refractivity contribution < 1.29 is 14.0 Å². The topological polar surface area (TPSA) is 93.0 Å². The fourth-order valence-corrected chi connectivity index (χ4v) is 4.66. The van der Waals surface area contributed by atoms with E-state index in [1.54, 1.807) is 19.1 Å². The van der Waals surface area contributed by atoms with Crippen LogP contribution in [0.25, 0.3) is 0 Å². The van der Waals surface area contributed by atoms with Gasteiger partial charge in [-0.25, -0.2) is 9.07 Å². The maximum atomic E-state index is 13.3. The van der Waals surface area contributed by atoms with Crippen molar-refractivity contribution in [1.29, 1.82) is 0 Å². The third kappa shape index (κ3) is 5.90. The van der Waals surface area contributed by atoms with E-state index in [2.05, 4.69) is 20.8 Å². The van der Waals surface area contributed by atoms with Crippen LogP contribution < -0.4 is 5.32 Å². The number of nitrogens with one attached hydrogen (secondary N) is 1. The number of hydrogen-bond donors (Lipinski definition) is 1. The number of carbonyl (C=O) groups is 2. The fraction of sp³-hybridized carbons (Fsp3) is 0.423. The predicted octanol–water partition coefficient (Wildman–Crippen LogP) is 3.21. The molecule has 2 heterocycles. The first-order valence-electron chi connectivity index (χ1n) is 12.1. The molecule has 1 aliphatic rings. The summed E-state index contributed by atoms with van der Waals surface area (Å²) in [6.07, 6.45) is 2.45. The minimum atomic E-state index is -0.655. The molecule has 2 aromatic carbocycles. The van der Waals surface area contributed by atoms with Gasteiger partial charge in [0, 0.05) is 25.6 Å². The summed E-state index contributed by atoms with van der Waals surface area (Å²) in [4.78, 5) is 28.4. The van der Waals surface area contributed by atoms with Crippen molar-refractivity contribution in [3.63, 3.8) is 0 Å². The molecule has 9 heteroatoms. The molecular formula is C26H31FN6O2. The van der Waals surface area contributed by atoms with E-state index in [0.29, 0.717) is 38.2 Å². The van der Waals surface area contributed by atoms with Crippen molar-refractivity contribution in [3.05, 3.63) is 77.4 Å². The van der Waals surface area contributed by atoms with Crippen LogP contribution in [0.4, 0.5) is 4.39 Å². The van der Waals surface area contributed by atoms with Crippen LogP contribution in [0.5, 0.6) is 0 Å². The Hall–Kier alpha value is -3.62. The Labute approximate surface area is 204 Å². The summed E-state index contributed by atoms with van der Waals surface area (Å²) >= 11 is 0. The molecule has 2 atom stereocenters. The van der Waals surface area contributed by atoms with Gasteiger partial charge in [0.05, 0.1) is 5.92 Å². The van der Waals surface area contributed by atoms with Crippen LogP contribution in [0.1, 0.15) is 55.1 Å². The Morgan fingerprint density at radius 3 is 2.37 bits per heavy atom. The maximum absolute atomic E-state index is 13.3. The van der Waals surface area contributed by atoms with Crippen LogP contribution in [0, 0.1) is 12.7 Å². The first kappa shape index (κ1) is 24.5. The highest BCUT2D eigenvalue weighted by Gasteiger charge is 2.31. The molecule has 4 rings (SSSR count). The number of tetrazole rings is 1. The number of rotatable bonds is 8. The van der Waals surface area contributed by atoms with Gasteiger partial charge in [0.1, 0.15) is 17.7 Å². The summed E-state index contributed by atoms with van der Waals surface area (Å²) in [5.74, 6) is 0.00357. The van der Waals surface area contributed by atoms with Crippen LogP contribution >= 0.6 is 0 Å². The van der Waals surface area contributed by atoms with Gasteiger partial charge in [0.2, 0.25) is 11.8 Å². The third-order valence-electron chi connectivity index (χ3n) is 6.66. The first-order valence-corrected chi connectivity index (χ1v) is 12.1. The number of halogens is 1. The van der Waals surface area contributed by atoms with Crippen molar-refractivity contribution in [3.8, 4) is 0 Å². The van der Waals surface area contributed by atoms with E-state index in [1.165, 1.54) is 16.8 Å². The second kappa shape index (κ2) is 11.2. The van der Waals surface area contributed by atoms with E-state index in [9.17, 15) is 14.0 Å². The number of amides is 2. The van der Waals surface area contributed by atoms with E-state index < -0.39 is 6.04 Å². The Morgan fingerprint density at radius 1 is 1.09 bits per heavy atom. The number of carbonyl (C=O) groups excluding carboxylic acids is 2. The van der Waals surface area contributed by atoms with Gasteiger partial charge >= 0.3 is 0 Å². The molecule has 2 amide bonds. The summed E-state index contributed by atoms with van der Waals surface area (Å²) in [5.41, 5.74) is 1.85. The second-order valence-electron chi connectivity index (χ2n) is 9.00. The van der Waals surface area contributed by atoms with Gasteiger partial charge in [0.15, 0.2) is 0 Å². The van der Waals surface area contributed by atoms with Gasteiger partial charge in [0.25, 0.3) is 0 Å². The SMILES string of the molecule is CCC(C(=O)N1CCC(NC(=O)C(Cc2ccc(F)cc2)n2nnnc2C)CC1)c1ccccc1. The van der Waals surface area contributed by atoms with Crippen LogP contribution in [0.3, 0.4) is 0 Å². The normalized spacial score (nSPS) is 16.0. The van der Waals surface area contributed by atoms with E-state index in [1.807, 2.05) is 42.2 Å². The molecule has 0 spiro atoms. The van der Waals surface area contributed by atoms with Crippen molar-refractivity contribution in [2.45, 2.75) is 57.5 Å². The van der Waals surface area contributed by atoms with Crippen molar-refractivity contribution in [1.82, 2.24) is 30.4 Å². The van der Waals surface area contributed by atoms with Crippen LogP contribution in [-0.2, 0) is 16.0 Å². The summed E-state index contributed by atoms with van der Waals surface area (Å²) < 4.78 is 14.8. The van der Waals surface area contributed by atoms with Gasteiger partial charge < -0.3 is 10.2 Å². The fourth-order valence-electron chi connectivity index (χ4n) is 4.66. The molecule has 0 saturated carbocycles. The molecule has 35 heavy (non-hydrogen) atoms. The molecule has 1 saturated heterocycles. The molecular weight excluding hydrogens is 447 g/mol. The average molecular weight is 479 g/mol. The summed E-state index contributed by atoms with van der Waals surface area (Å²) in [7, 11) is 0. The van der Waals surface area contributed by atoms with Gasteiger partial charge in [-0.1, -0.05) is 49.4 Å². The zero-order valence-corrected chi connectivity index (χ0v) is 20.1. The lowest BCUT2D eigenvalue weighted by Crippen LogP contribution is -2.49. The Morgan fingerprint density at radius 2 is 1.77 bits per heavy atom. The highest BCUT2D eigenvalue weighted by Crippen LogP contribution is 2.24. The molecule has 8 nitrogen and oxygen atoms in total. The number of aryl methyl sites for hydroxylation is 1. The quantitative estimate of drug-likeness (QED) is 0.537. The second-order valence-corrected chi connectivity index (χ2v) is 9.00. The Bertz CT molecular complexity index is 1130.